The van der Waals surface area contributed by atoms with Gasteiger partial charge in [0.25, 0.3) is 10.9 Å². The second-order valence-corrected chi connectivity index (χ2v) is 7.71. The number of benzene rings is 1. The van der Waals surface area contributed by atoms with E-state index in [0.717, 1.165) is 11.3 Å². The molecule has 1 N–H and O–H groups in total. The first kappa shape index (κ1) is 21.6. The van der Waals surface area contributed by atoms with E-state index < -0.39 is 22.1 Å². The molecule has 0 aliphatic rings. The number of aromatic nitrogens is 4. The molecule has 0 radical (unpaired) electrons. The van der Waals surface area contributed by atoms with Gasteiger partial charge in [0, 0.05) is 32.4 Å². The maximum absolute atomic E-state index is 13.0. The standard InChI is InChI=1S/C20H17ClF2N6O3/c1-28-9-13(25-10-28)7-24-14-15(17(31)16(14)30)29(2)8-11-3-5-12(6-4-11)18-26-19(32-27-18)20(21,22)23/h3-6,9-10,24H,7-8H2,1-2H3. The van der Waals surface area contributed by atoms with Gasteiger partial charge >= 0.3 is 11.3 Å². The Morgan fingerprint density at radius 2 is 1.94 bits per heavy atom. The third kappa shape index (κ3) is 4.24. The minimum Gasteiger partial charge on any atom is -0.374 e. The number of nitrogens with one attached hydrogen (secondary N) is 1. The van der Waals surface area contributed by atoms with Crippen molar-refractivity contribution < 1.29 is 13.3 Å². The number of rotatable bonds is 8. The molecule has 0 saturated carbocycles. The third-order valence-corrected chi connectivity index (χ3v) is 4.93. The molecule has 9 nitrogen and oxygen atoms in total. The monoisotopic (exact) mass is 462 g/mol. The summed E-state index contributed by atoms with van der Waals surface area (Å²) in [4.78, 5) is 33.6. The lowest BCUT2D eigenvalue weighted by molar-refractivity contribution is 0.0551. The molecule has 0 aliphatic heterocycles. The van der Waals surface area contributed by atoms with Gasteiger partial charge in [-0.05, 0) is 17.2 Å². The summed E-state index contributed by atoms with van der Waals surface area (Å²) in [6.07, 6.45) is 3.46. The first-order chi connectivity index (χ1) is 15.1. The molecule has 4 rings (SSSR count). The van der Waals surface area contributed by atoms with Gasteiger partial charge in [-0.25, -0.2) is 4.98 Å². The van der Waals surface area contributed by atoms with E-state index in [1.807, 2.05) is 13.2 Å². The molecule has 12 heteroatoms. The van der Waals surface area contributed by atoms with E-state index in [0.29, 0.717) is 24.3 Å². The maximum atomic E-state index is 13.0. The van der Waals surface area contributed by atoms with E-state index in [1.54, 1.807) is 47.1 Å². The van der Waals surface area contributed by atoms with Gasteiger partial charge < -0.3 is 19.3 Å². The smallest absolute Gasteiger partial charge is 0.374 e. The SMILES string of the molecule is CN(Cc1ccc(-c2noc(C(F)(F)Cl)n2)cc1)c1c(NCc2cn(C)cn2)c(=O)c1=O. The second-order valence-electron chi connectivity index (χ2n) is 7.24. The number of aryl methyl sites for hydroxylation is 1. The first-order valence-electron chi connectivity index (χ1n) is 9.39. The molecule has 0 unspecified atom stereocenters. The molecule has 0 bridgehead atoms. The Kier molecular flexibility index (Phi) is 5.51. The van der Waals surface area contributed by atoms with Crippen LogP contribution in [0.3, 0.4) is 0 Å². The molecule has 0 atom stereocenters. The van der Waals surface area contributed by atoms with Gasteiger partial charge in [-0.3, -0.25) is 9.59 Å². The van der Waals surface area contributed by atoms with Crippen molar-refractivity contribution in [3.8, 4) is 11.4 Å². The largest absolute Gasteiger partial charge is 0.400 e. The van der Waals surface area contributed by atoms with E-state index in [9.17, 15) is 18.4 Å². The quantitative estimate of drug-likeness (QED) is 0.314. The average Bonchev–Trinajstić information content (AvgIpc) is 3.40. The molecular formula is C20H17ClF2N6O3. The van der Waals surface area contributed by atoms with Crippen LogP contribution in [0.15, 0.2) is 50.9 Å². The Bertz CT molecular complexity index is 1320. The van der Waals surface area contributed by atoms with E-state index >= 15 is 0 Å². The van der Waals surface area contributed by atoms with Crippen molar-refractivity contribution in [1.82, 2.24) is 19.7 Å². The Morgan fingerprint density at radius 3 is 2.53 bits per heavy atom. The predicted octanol–water partition coefficient (Wildman–Crippen LogP) is 2.60. The zero-order valence-electron chi connectivity index (χ0n) is 17.0. The molecule has 2 aromatic carbocycles. The lowest BCUT2D eigenvalue weighted by Crippen LogP contribution is -2.41. The van der Waals surface area contributed by atoms with Gasteiger partial charge in [-0.15, -0.1) is 0 Å². The van der Waals surface area contributed by atoms with Crippen molar-refractivity contribution >= 4 is 23.0 Å². The molecule has 2 aromatic heterocycles. The summed E-state index contributed by atoms with van der Waals surface area (Å²) < 4.78 is 32.4. The topological polar surface area (TPSA) is 106 Å². The fourth-order valence-corrected chi connectivity index (χ4v) is 3.29. The summed E-state index contributed by atoms with van der Waals surface area (Å²) in [5, 5.41) is 2.75. The Morgan fingerprint density at radius 1 is 1.22 bits per heavy atom. The maximum Gasteiger partial charge on any atom is 0.400 e. The highest BCUT2D eigenvalue weighted by Crippen LogP contribution is 2.32. The molecule has 0 aliphatic carbocycles. The van der Waals surface area contributed by atoms with Crippen molar-refractivity contribution in [1.29, 1.82) is 0 Å². The van der Waals surface area contributed by atoms with Crippen LogP contribution in [0.5, 0.6) is 0 Å². The number of alkyl halides is 3. The lowest BCUT2D eigenvalue weighted by atomic mass is 10.1. The fraction of sp³-hybridized carbons (Fsp3) is 0.250. The number of hydrogen-bond donors (Lipinski definition) is 1. The summed E-state index contributed by atoms with van der Waals surface area (Å²) in [5.74, 6) is -1.01. The second kappa shape index (κ2) is 8.15. The minimum atomic E-state index is -3.74. The highest BCUT2D eigenvalue weighted by atomic mass is 35.5. The number of hydrogen-bond acceptors (Lipinski definition) is 8. The van der Waals surface area contributed by atoms with E-state index in [-0.39, 0.29) is 11.5 Å². The summed E-state index contributed by atoms with van der Waals surface area (Å²) in [7, 11) is 3.53. The van der Waals surface area contributed by atoms with Crippen molar-refractivity contribution in [2.45, 2.75) is 18.5 Å². The van der Waals surface area contributed by atoms with Crippen LogP contribution in [0, 0.1) is 0 Å². The van der Waals surface area contributed by atoms with Crippen LogP contribution in [0.25, 0.3) is 11.4 Å². The zero-order valence-corrected chi connectivity index (χ0v) is 17.7. The third-order valence-electron chi connectivity index (χ3n) is 4.77. The van der Waals surface area contributed by atoms with E-state index in [4.69, 9.17) is 11.6 Å². The molecule has 2 heterocycles. The summed E-state index contributed by atoms with van der Waals surface area (Å²) in [6.45, 7) is 0.649. The summed E-state index contributed by atoms with van der Waals surface area (Å²) >= 11 is 4.88. The minimum absolute atomic E-state index is 0.0243. The van der Waals surface area contributed by atoms with E-state index in [1.165, 1.54) is 0 Å². The Labute approximate surface area is 184 Å². The number of imidazole rings is 1. The van der Waals surface area contributed by atoms with Crippen molar-refractivity contribution in [2.75, 3.05) is 17.3 Å². The lowest BCUT2D eigenvalue weighted by Gasteiger charge is -2.23. The number of halogens is 3. The molecule has 32 heavy (non-hydrogen) atoms. The van der Waals surface area contributed by atoms with Crippen LogP contribution in [0.1, 0.15) is 17.1 Å². The molecule has 166 valence electrons. The van der Waals surface area contributed by atoms with Gasteiger partial charge in [-0.2, -0.15) is 13.8 Å². The average molecular weight is 463 g/mol. The van der Waals surface area contributed by atoms with Crippen LogP contribution in [0.2, 0.25) is 0 Å². The number of anilines is 2. The van der Waals surface area contributed by atoms with Gasteiger partial charge in [0.05, 0.1) is 18.6 Å². The van der Waals surface area contributed by atoms with Gasteiger partial charge in [0.1, 0.15) is 11.4 Å². The first-order valence-corrected chi connectivity index (χ1v) is 9.76. The van der Waals surface area contributed by atoms with Crippen LogP contribution < -0.4 is 21.1 Å². The molecule has 0 spiro atoms. The van der Waals surface area contributed by atoms with Crippen LogP contribution in [-0.4, -0.2) is 26.7 Å². The van der Waals surface area contributed by atoms with Crippen molar-refractivity contribution in [2.24, 2.45) is 7.05 Å². The highest BCUT2D eigenvalue weighted by Gasteiger charge is 2.35. The van der Waals surface area contributed by atoms with Crippen LogP contribution >= 0.6 is 11.6 Å². The normalized spacial score (nSPS) is 11.8. The Hall–Kier alpha value is -3.60. The van der Waals surface area contributed by atoms with Crippen LogP contribution in [0.4, 0.5) is 20.2 Å². The van der Waals surface area contributed by atoms with Gasteiger partial charge in [-0.1, -0.05) is 29.4 Å². The molecule has 0 saturated heterocycles. The molecule has 4 aromatic rings. The molecule has 0 fully saturated rings. The van der Waals surface area contributed by atoms with Gasteiger partial charge in [0.2, 0.25) is 5.82 Å². The Balaban J connectivity index is 1.45. The zero-order chi connectivity index (χ0) is 23.0. The molecule has 0 amide bonds. The van der Waals surface area contributed by atoms with Crippen molar-refractivity contribution in [3.63, 3.8) is 0 Å². The summed E-state index contributed by atoms with van der Waals surface area (Å²) in [6, 6.07) is 6.72. The van der Waals surface area contributed by atoms with Crippen LogP contribution in [-0.2, 0) is 25.5 Å². The molecular weight excluding hydrogens is 446 g/mol. The summed E-state index contributed by atoms with van der Waals surface area (Å²) in [5.41, 5.74) is 1.42. The fourth-order valence-electron chi connectivity index (χ4n) is 3.21. The predicted molar refractivity (Wildman–Crippen MR) is 113 cm³/mol. The van der Waals surface area contributed by atoms with Crippen molar-refractivity contribution in [3.05, 3.63) is 74.4 Å². The highest BCUT2D eigenvalue weighted by molar-refractivity contribution is 6.21. The van der Waals surface area contributed by atoms with E-state index in [2.05, 4.69) is 25.0 Å². The number of nitrogens with zero attached hydrogens (tertiary/aromatic N) is 5. The van der Waals surface area contributed by atoms with Gasteiger partial charge in [0.15, 0.2) is 0 Å².